The number of Topliss-reactive ketones (excluding diaryl/α,β-unsaturated/α-hetero) is 1. The highest BCUT2D eigenvalue weighted by Crippen LogP contribution is 2.15. The first-order valence-electron chi connectivity index (χ1n) is 10.2. The van der Waals surface area contributed by atoms with E-state index in [4.69, 9.17) is 0 Å². The van der Waals surface area contributed by atoms with E-state index in [0.29, 0.717) is 20.4 Å². The first-order chi connectivity index (χ1) is 16.0. The van der Waals surface area contributed by atoms with Crippen molar-refractivity contribution in [1.82, 2.24) is 4.57 Å². The van der Waals surface area contributed by atoms with E-state index in [2.05, 4.69) is 6.07 Å². The van der Waals surface area contributed by atoms with Crippen LogP contribution >= 0.6 is 23.1 Å². The van der Waals surface area contributed by atoms with Gasteiger partial charge in [-0.15, -0.1) is 23.1 Å². The number of carbonyl (C=O) groups excluding carboxylic acids is 1. The number of aryl methyl sites for hydroxylation is 1. The lowest BCUT2D eigenvalue weighted by Crippen LogP contribution is -2.31. The predicted molar refractivity (Wildman–Crippen MR) is 135 cm³/mol. The lowest BCUT2D eigenvalue weighted by atomic mass is 10.1. The number of nitrogens with zero attached hydrogens (tertiary/aromatic N) is 2. The molecule has 0 atom stereocenters. The van der Waals surface area contributed by atoms with Crippen LogP contribution in [0.5, 0.6) is 0 Å². The molecular weight excluding hydrogens is 448 g/mol. The van der Waals surface area contributed by atoms with E-state index < -0.39 is 5.78 Å². The number of thiazole rings is 1. The van der Waals surface area contributed by atoms with E-state index in [1.165, 1.54) is 4.57 Å². The maximum atomic E-state index is 13.5. The number of nitriles is 1. The number of hydrogen-bond acceptors (Lipinski definition) is 5. The fraction of sp³-hybridized carbons (Fsp3) is 0.0741. The molecule has 1 heterocycles. The fourth-order valence-corrected chi connectivity index (χ4v) is 4.87. The molecule has 0 unspecified atom stereocenters. The first-order valence-corrected chi connectivity index (χ1v) is 12.2. The van der Waals surface area contributed by atoms with E-state index in [9.17, 15) is 14.9 Å². The third-order valence-electron chi connectivity index (χ3n) is 5.12. The maximum Gasteiger partial charge on any atom is 0.273 e. The van der Waals surface area contributed by atoms with Crippen LogP contribution in [0.2, 0.25) is 0 Å². The summed E-state index contributed by atoms with van der Waals surface area (Å²) in [5.41, 5.74) is 2.63. The Kier molecular flexibility index (Phi) is 6.74. The quantitative estimate of drug-likeness (QED) is 0.323. The van der Waals surface area contributed by atoms with Crippen LogP contribution in [0.3, 0.4) is 0 Å². The highest BCUT2D eigenvalue weighted by Gasteiger charge is 2.18. The van der Waals surface area contributed by atoms with Gasteiger partial charge in [-0.2, -0.15) is 5.26 Å². The summed E-state index contributed by atoms with van der Waals surface area (Å²) in [5, 5.41) is 9.95. The smallest absolute Gasteiger partial charge is 0.273 e. The lowest BCUT2D eigenvalue weighted by Gasteiger charge is -2.04. The van der Waals surface area contributed by atoms with Crippen LogP contribution in [0.15, 0.2) is 88.6 Å². The largest absolute Gasteiger partial charge is 0.288 e. The third-order valence-corrected chi connectivity index (χ3v) is 6.95. The van der Waals surface area contributed by atoms with Crippen molar-refractivity contribution in [2.45, 2.75) is 11.8 Å². The highest BCUT2D eigenvalue weighted by molar-refractivity contribution is 7.98. The van der Waals surface area contributed by atoms with E-state index in [0.717, 1.165) is 27.4 Å². The second-order valence-electron chi connectivity index (χ2n) is 7.35. The van der Waals surface area contributed by atoms with Crippen molar-refractivity contribution in [3.63, 3.8) is 0 Å². The Bertz CT molecular complexity index is 1520. The van der Waals surface area contributed by atoms with Crippen molar-refractivity contribution in [3.05, 3.63) is 115 Å². The zero-order chi connectivity index (χ0) is 23.4. The minimum atomic E-state index is -0.406. The molecule has 6 heteroatoms. The Hall–Kier alpha value is -3.66. The van der Waals surface area contributed by atoms with Crippen LogP contribution in [0.1, 0.15) is 21.5 Å². The van der Waals surface area contributed by atoms with Gasteiger partial charge in [-0.25, -0.2) is 0 Å². The summed E-state index contributed by atoms with van der Waals surface area (Å²) in [6.07, 6.45) is 3.81. The van der Waals surface area contributed by atoms with E-state index in [1.807, 2.05) is 67.8 Å². The number of aromatic nitrogens is 1. The molecule has 162 valence electrons. The summed E-state index contributed by atoms with van der Waals surface area (Å²) >= 11 is 2.80. The number of hydrogen-bond donors (Lipinski definition) is 0. The zero-order valence-corrected chi connectivity index (χ0v) is 19.7. The van der Waals surface area contributed by atoms with Crippen molar-refractivity contribution in [2.24, 2.45) is 0 Å². The van der Waals surface area contributed by atoms with Gasteiger partial charge in [0.15, 0.2) is 0 Å². The Balaban J connectivity index is 2.02. The molecule has 1 aromatic heterocycles. The van der Waals surface area contributed by atoms with Crippen molar-refractivity contribution in [1.29, 1.82) is 5.26 Å². The molecule has 0 saturated carbocycles. The molecular formula is C27H20N2O2S2. The molecule has 0 aliphatic heterocycles. The third kappa shape index (κ3) is 4.75. The van der Waals surface area contributed by atoms with Gasteiger partial charge in [0.1, 0.15) is 16.3 Å². The van der Waals surface area contributed by atoms with Crippen LogP contribution in [0.25, 0.3) is 17.3 Å². The summed E-state index contributed by atoms with van der Waals surface area (Å²) in [6.45, 7) is 1.96. The summed E-state index contributed by atoms with van der Waals surface area (Å²) in [4.78, 5) is 27.8. The van der Waals surface area contributed by atoms with Crippen LogP contribution in [-0.4, -0.2) is 16.6 Å². The molecule has 4 nitrogen and oxygen atoms in total. The van der Waals surface area contributed by atoms with Crippen LogP contribution < -0.4 is 14.8 Å². The van der Waals surface area contributed by atoms with Gasteiger partial charge in [-0.1, -0.05) is 60.2 Å². The number of ketones is 1. The van der Waals surface area contributed by atoms with E-state index in [-0.39, 0.29) is 11.1 Å². The van der Waals surface area contributed by atoms with E-state index in [1.54, 1.807) is 42.1 Å². The van der Waals surface area contributed by atoms with Gasteiger partial charge >= 0.3 is 0 Å². The monoisotopic (exact) mass is 468 g/mol. The minimum absolute atomic E-state index is 0.0544. The van der Waals surface area contributed by atoms with Gasteiger partial charge in [0.05, 0.1) is 10.2 Å². The number of benzene rings is 3. The molecule has 0 radical (unpaired) electrons. The highest BCUT2D eigenvalue weighted by atomic mass is 32.2. The molecule has 4 rings (SSSR count). The standard InChI is InChI=1S/C27H20N2O2S2/c1-18-8-12-21(13-9-18)29-26(31)24(16-19-10-14-22(32-2)15-11-19)33-27(29)23(17-28)25(30)20-6-4-3-5-7-20/h3-16H,1-2H3/b24-16+,27-23+. The Morgan fingerprint density at radius 3 is 2.27 bits per heavy atom. The molecule has 33 heavy (non-hydrogen) atoms. The molecule has 4 aromatic rings. The van der Waals surface area contributed by atoms with Crippen LogP contribution in [0.4, 0.5) is 0 Å². The van der Waals surface area contributed by atoms with Crippen molar-refractivity contribution >= 4 is 40.5 Å². The van der Waals surface area contributed by atoms with Crippen LogP contribution in [-0.2, 0) is 0 Å². The second kappa shape index (κ2) is 9.86. The summed E-state index contributed by atoms with van der Waals surface area (Å²) in [6, 6.07) is 26.1. The molecule has 3 aromatic carbocycles. The van der Waals surface area contributed by atoms with Gasteiger partial charge in [0.25, 0.3) is 5.56 Å². The Morgan fingerprint density at radius 1 is 1.00 bits per heavy atom. The summed E-state index contributed by atoms with van der Waals surface area (Å²) in [7, 11) is 0. The molecule has 0 bridgehead atoms. The average Bonchev–Trinajstić information content (AvgIpc) is 3.16. The predicted octanol–water partition coefficient (Wildman–Crippen LogP) is 4.32. The molecule has 0 aliphatic rings. The molecule has 0 fully saturated rings. The van der Waals surface area contributed by atoms with Crippen molar-refractivity contribution in [3.8, 4) is 11.8 Å². The zero-order valence-electron chi connectivity index (χ0n) is 18.1. The average molecular weight is 469 g/mol. The summed E-state index contributed by atoms with van der Waals surface area (Å²) < 4.78 is 2.24. The fourth-order valence-electron chi connectivity index (χ4n) is 3.36. The molecule has 0 spiro atoms. The second-order valence-corrected chi connectivity index (χ2v) is 9.26. The van der Waals surface area contributed by atoms with Gasteiger partial charge in [-0.05, 0) is 49.1 Å². The van der Waals surface area contributed by atoms with Gasteiger partial charge < -0.3 is 0 Å². The van der Waals surface area contributed by atoms with Crippen molar-refractivity contribution < 1.29 is 4.79 Å². The Morgan fingerprint density at radius 2 is 1.67 bits per heavy atom. The normalized spacial score (nSPS) is 12.3. The molecule has 0 N–H and O–H groups in total. The number of rotatable bonds is 5. The minimum Gasteiger partial charge on any atom is -0.288 e. The molecule has 0 aliphatic carbocycles. The summed E-state index contributed by atoms with van der Waals surface area (Å²) in [5.74, 6) is -0.406. The first kappa shape index (κ1) is 22.5. The van der Waals surface area contributed by atoms with Crippen molar-refractivity contribution in [2.75, 3.05) is 6.26 Å². The lowest BCUT2D eigenvalue weighted by molar-refractivity contribution is 0.105. The van der Waals surface area contributed by atoms with Gasteiger partial charge in [-0.3, -0.25) is 14.2 Å². The van der Waals surface area contributed by atoms with Gasteiger partial charge in [0, 0.05) is 10.5 Å². The van der Waals surface area contributed by atoms with E-state index >= 15 is 0 Å². The maximum absolute atomic E-state index is 13.5. The molecule has 0 saturated heterocycles. The number of thioether (sulfide) groups is 1. The number of carbonyl (C=O) groups is 1. The Labute approximate surface area is 199 Å². The molecule has 0 amide bonds. The van der Waals surface area contributed by atoms with Gasteiger partial charge in [0.2, 0.25) is 5.78 Å². The topological polar surface area (TPSA) is 62.9 Å². The van der Waals surface area contributed by atoms with Crippen LogP contribution in [0, 0.1) is 18.3 Å². The SMILES string of the molecule is CSc1ccc(/C=c2/s/c(=C(\C#N)C(=O)c3ccccc3)n(-c3ccc(C)cc3)c2=O)cc1.